The molecule has 0 fully saturated rings. The second kappa shape index (κ2) is 8.69. The molecule has 5 rings (SSSR count). The Hall–Kier alpha value is -3.72. The summed E-state index contributed by atoms with van der Waals surface area (Å²) >= 11 is 0. The molecule has 0 spiro atoms. The van der Waals surface area contributed by atoms with E-state index in [0.717, 1.165) is 16.5 Å². The van der Waals surface area contributed by atoms with Gasteiger partial charge in [0, 0.05) is 34.2 Å². The minimum absolute atomic E-state index is 0.00750. The van der Waals surface area contributed by atoms with E-state index < -0.39 is 17.7 Å². The minimum Gasteiger partial charge on any atom is -0.458 e. The predicted octanol–water partition coefficient (Wildman–Crippen LogP) is 4.01. The van der Waals surface area contributed by atoms with Crippen LogP contribution < -0.4 is 10.3 Å². The lowest BCUT2D eigenvalue weighted by Gasteiger charge is -2.31. The SMILES string of the molecule is CC[C@@]1(O)C(=O)OCc2c1cc1n(c2=O)Cc2cc3c(C)c(OC(=O)N(C(C)C)C(C)C)ccc3nc2-1. The maximum Gasteiger partial charge on any atom is 0.415 e. The Morgan fingerprint density at radius 3 is 2.57 bits per heavy atom. The first-order valence-electron chi connectivity index (χ1n) is 12.6. The molecule has 0 bridgehead atoms. The quantitative estimate of drug-likeness (QED) is 0.417. The summed E-state index contributed by atoms with van der Waals surface area (Å²) in [7, 11) is 0. The number of carbonyl (C=O) groups excluding carboxylic acids is 2. The number of aliphatic hydroxyl groups is 1. The summed E-state index contributed by atoms with van der Waals surface area (Å²) in [5, 5.41) is 11.9. The van der Waals surface area contributed by atoms with Crippen LogP contribution in [0.1, 0.15) is 63.3 Å². The van der Waals surface area contributed by atoms with Gasteiger partial charge < -0.3 is 24.0 Å². The zero-order chi connectivity index (χ0) is 26.8. The van der Waals surface area contributed by atoms with E-state index in [1.54, 1.807) is 34.6 Å². The lowest BCUT2D eigenvalue weighted by Crippen LogP contribution is -2.44. The van der Waals surface area contributed by atoms with Gasteiger partial charge in [-0.25, -0.2) is 14.6 Å². The van der Waals surface area contributed by atoms with Crippen molar-refractivity contribution in [1.82, 2.24) is 14.5 Å². The molecule has 3 aromatic rings. The average Bonchev–Trinajstić information content (AvgIpc) is 3.20. The van der Waals surface area contributed by atoms with Gasteiger partial charge in [-0.15, -0.1) is 0 Å². The summed E-state index contributed by atoms with van der Waals surface area (Å²) in [6, 6.07) is 7.17. The Kier molecular flexibility index (Phi) is 5.86. The number of aromatic nitrogens is 2. The Balaban J connectivity index is 1.59. The van der Waals surface area contributed by atoms with Gasteiger partial charge in [0.1, 0.15) is 12.4 Å². The van der Waals surface area contributed by atoms with Crippen LogP contribution in [0.2, 0.25) is 0 Å². The number of aryl methyl sites for hydroxylation is 1. The summed E-state index contributed by atoms with van der Waals surface area (Å²) in [6.45, 7) is 11.5. The van der Waals surface area contributed by atoms with Crippen LogP contribution in [0.25, 0.3) is 22.3 Å². The molecule has 194 valence electrons. The Bertz CT molecular complexity index is 1510. The van der Waals surface area contributed by atoms with Gasteiger partial charge in [0.2, 0.25) is 0 Å². The second-order valence-corrected chi connectivity index (χ2v) is 10.3. The Labute approximate surface area is 214 Å². The third-order valence-electron chi connectivity index (χ3n) is 7.43. The number of cyclic esters (lactones) is 1. The summed E-state index contributed by atoms with van der Waals surface area (Å²) in [5.74, 6) is -0.292. The number of hydrogen-bond donors (Lipinski definition) is 1. The van der Waals surface area contributed by atoms with Crippen LogP contribution in [-0.2, 0) is 28.3 Å². The topological polar surface area (TPSA) is 111 Å². The molecule has 0 saturated heterocycles. The highest BCUT2D eigenvalue weighted by Crippen LogP contribution is 2.39. The lowest BCUT2D eigenvalue weighted by atomic mass is 9.86. The van der Waals surface area contributed by atoms with E-state index in [2.05, 4.69) is 0 Å². The number of nitrogens with zero attached hydrogens (tertiary/aromatic N) is 3. The molecule has 1 amide bonds. The molecule has 1 aromatic carbocycles. The molecule has 37 heavy (non-hydrogen) atoms. The number of benzene rings is 1. The van der Waals surface area contributed by atoms with Crippen molar-refractivity contribution in [2.45, 2.75) is 78.8 Å². The van der Waals surface area contributed by atoms with Crippen LogP contribution in [-0.4, -0.2) is 43.7 Å². The smallest absolute Gasteiger partial charge is 0.415 e. The molecule has 1 atom stereocenters. The number of esters is 1. The van der Waals surface area contributed by atoms with E-state index in [4.69, 9.17) is 14.5 Å². The molecular formula is C28H31N3O6. The third kappa shape index (κ3) is 3.71. The molecule has 1 N–H and O–H groups in total. The number of amides is 1. The molecule has 2 aliphatic rings. The molecule has 0 aliphatic carbocycles. The van der Waals surface area contributed by atoms with E-state index in [1.807, 2.05) is 40.7 Å². The summed E-state index contributed by atoms with van der Waals surface area (Å²) in [6.07, 6.45) is -0.322. The van der Waals surface area contributed by atoms with Crippen LogP contribution >= 0.6 is 0 Å². The first kappa shape index (κ1) is 25.0. The highest BCUT2D eigenvalue weighted by atomic mass is 16.6. The van der Waals surface area contributed by atoms with Crippen LogP contribution in [0.4, 0.5) is 4.79 Å². The summed E-state index contributed by atoms with van der Waals surface area (Å²) in [4.78, 5) is 45.1. The summed E-state index contributed by atoms with van der Waals surface area (Å²) < 4.78 is 12.5. The van der Waals surface area contributed by atoms with Gasteiger partial charge in [0.25, 0.3) is 5.56 Å². The molecule has 2 aliphatic heterocycles. The van der Waals surface area contributed by atoms with Crippen molar-refractivity contribution in [3.63, 3.8) is 0 Å². The first-order valence-corrected chi connectivity index (χ1v) is 12.6. The highest BCUT2D eigenvalue weighted by molar-refractivity contribution is 5.90. The van der Waals surface area contributed by atoms with Crippen molar-refractivity contribution in [2.75, 3.05) is 0 Å². The largest absolute Gasteiger partial charge is 0.458 e. The maximum absolute atomic E-state index is 13.4. The Morgan fingerprint density at radius 2 is 1.92 bits per heavy atom. The van der Waals surface area contributed by atoms with Gasteiger partial charge in [-0.2, -0.15) is 0 Å². The number of ether oxygens (including phenoxy) is 2. The molecule has 9 nitrogen and oxygen atoms in total. The third-order valence-corrected chi connectivity index (χ3v) is 7.43. The van der Waals surface area contributed by atoms with E-state index in [0.29, 0.717) is 29.2 Å². The molecular weight excluding hydrogens is 474 g/mol. The monoisotopic (exact) mass is 505 g/mol. The predicted molar refractivity (Wildman–Crippen MR) is 137 cm³/mol. The molecule has 9 heteroatoms. The van der Waals surface area contributed by atoms with Gasteiger partial charge in [-0.1, -0.05) is 6.92 Å². The van der Waals surface area contributed by atoms with E-state index in [-0.39, 0.29) is 41.8 Å². The molecule has 0 unspecified atom stereocenters. The molecule has 0 radical (unpaired) electrons. The van der Waals surface area contributed by atoms with Crippen molar-refractivity contribution in [1.29, 1.82) is 0 Å². The van der Waals surface area contributed by atoms with Crippen molar-refractivity contribution in [3.05, 3.63) is 56.9 Å². The number of rotatable bonds is 4. The van der Waals surface area contributed by atoms with E-state index in [9.17, 15) is 19.5 Å². The van der Waals surface area contributed by atoms with E-state index in [1.165, 1.54) is 0 Å². The van der Waals surface area contributed by atoms with Gasteiger partial charge in [-0.05, 0) is 65.3 Å². The molecule has 0 saturated carbocycles. The van der Waals surface area contributed by atoms with Crippen molar-refractivity contribution in [2.24, 2.45) is 0 Å². The van der Waals surface area contributed by atoms with Gasteiger partial charge in [0.05, 0.1) is 29.0 Å². The second-order valence-electron chi connectivity index (χ2n) is 10.3. The van der Waals surface area contributed by atoms with E-state index >= 15 is 0 Å². The van der Waals surface area contributed by atoms with Crippen LogP contribution in [0.5, 0.6) is 5.75 Å². The van der Waals surface area contributed by atoms with Crippen LogP contribution in [0.3, 0.4) is 0 Å². The van der Waals surface area contributed by atoms with Gasteiger partial charge in [-0.3, -0.25) is 4.79 Å². The minimum atomic E-state index is -1.86. The van der Waals surface area contributed by atoms with Crippen LogP contribution in [0.15, 0.2) is 29.1 Å². The normalized spacial score (nSPS) is 18.0. The fourth-order valence-electron chi connectivity index (χ4n) is 5.45. The highest BCUT2D eigenvalue weighted by Gasteiger charge is 2.45. The van der Waals surface area contributed by atoms with Crippen molar-refractivity contribution >= 4 is 23.0 Å². The maximum atomic E-state index is 13.4. The van der Waals surface area contributed by atoms with Crippen molar-refractivity contribution < 1.29 is 24.2 Å². The summed E-state index contributed by atoms with van der Waals surface area (Å²) in [5.41, 5.74) is 1.88. The number of carbonyl (C=O) groups is 2. The van der Waals surface area contributed by atoms with Gasteiger partial charge in [0.15, 0.2) is 5.60 Å². The zero-order valence-electron chi connectivity index (χ0n) is 21.9. The van der Waals surface area contributed by atoms with Crippen molar-refractivity contribution in [3.8, 4) is 17.1 Å². The number of fused-ring (bicyclic) bond motifs is 5. The standard InChI is InChI=1S/C28H31N3O6/c1-7-28(35)20-11-22-24-17(12-30(22)25(32)19(20)13-36-26(28)33)10-18-16(6)23(9-8-21(18)29-24)37-27(34)31(14(2)3)15(4)5/h8-11,14-15,35H,7,12-13H2,1-6H3/t28-/m0/s1. The lowest BCUT2D eigenvalue weighted by molar-refractivity contribution is -0.172. The fraction of sp³-hybridized carbons (Fsp3) is 0.429. The Morgan fingerprint density at radius 1 is 1.22 bits per heavy atom. The molecule has 4 heterocycles. The molecule has 2 aromatic heterocycles. The number of hydrogen-bond acceptors (Lipinski definition) is 7. The zero-order valence-corrected chi connectivity index (χ0v) is 21.9. The average molecular weight is 506 g/mol. The van der Waals surface area contributed by atoms with Crippen LogP contribution in [0, 0.1) is 6.92 Å². The fourth-order valence-corrected chi connectivity index (χ4v) is 5.45. The first-order chi connectivity index (χ1) is 17.5. The van der Waals surface area contributed by atoms with Gasteiger partial charge >= 0.3 is 12.1 Å². The number of pyridine rings is 2.